The number of carbonyl (C=O) groups excluding carboxylic acids is 1. The number of amides is 1. The van der Waals surface area contributed by atoms with E-state index in [4.69, 9.17) is 9.47 Å². The monoisotopic (exact) mass is 361 g/mol. The van der Waals surface area contributed by atoms with Crippen LogP contribution in [-0.4, -0.2) is 25.2 Å². The summed E-state index contributed by atoms with van der Waals surface area (Å²) in [6.07, 6.45) is 2.34. The molecule has 0 aliphatic carbocycles. The van der Waals surface area contributed by atoms with Gasteiger partial charge in [0.25, 0.3) is 5.91 Å². The fraction of sp³-hybridized carbons (Fsp3) is 0.261. The highest BCUT2D eigenvalue weighted by atomic mass is 16.5. The molecule has 1 fully saturated rings. The van der Waals surface area contributed by atoms with E-state index in [0.717, 1.165) is 30.8 Å². The lowest BCUT2D eigenvalue weighted by molar-refractivity contribution is 0.0679. The van der Waals surface area contributed by atoms with Crippen molar-refractivity contribution in [2.45, 2.75) is 25.5 Å². The van der Waals surface area contributed by atoms with Crippen molar-refractivity contribution in [3.63, 3.8) is 0 Å². The van der Waals surface area contributed by atoms with Crippen molar-refractivity contribution in [3.8, 4) is 5.75 Å². The Labute approximate surface area is 159 Å². The molecule has 0 aromatic heterocycles. The molecule has 3 aromatic rings. The number of ether oxygens (including phenoxy) is 2. The summed E-state index contributed by atoms with van der Waals surface area (Å²) in [5.74, 6) is 0.672. The Hall–Kier alpha value is -2.85. The van der Waals surface area contributed by atoms with E-state index in [1.807, 2.05) is 30.3 Å². The third-order valence-corrected chi connectivity index (χ3v) is 4.84. The van der Waals surface area contributed by atoms with Crippen LogP contribution in [-0.2, 0) is 11.3 Å². The molecule has 1 heterocycles. The molecular weight excluding hydrogens is 338 g/mol. The molecule has 1 N–H and O–H groups in total. The van der Waals surface area contributed by atoms with Crippen LogP contribution < -0.4 is 10.1 Å². The average Bonchev–Trinajstić information content (AvgIpc) is 3.24. The van der Waals surface area contributed by atoms with Crippen LogP contribution in [0.3, 0.4) is 0 Å². The number of hydrogen-bond donors (Lipinski definition) is 1. The van der Waals surface area contributed by atoms with Crippen LogP contribution in [0.4, 0.5) is 0 Å². The number of benzene rings is 3. The average molecular weight is 361 g/mol. The minimum Gasteiger partial charge on any atom is -0.491 e. The van der Waals surface area contributed by atoms with Gasteiger partial charge in [-0.15, -0.1) is 0 Å². The van der Waals surface area contributed by atoms with Gasteiger partial charge in [0.1, 0.15) is 12.4 Å². The first-order chi connectivity index (χ1) is 13.3. The maximum absolute atomic E-state index is 12.4. The Bertz CT molecular complexity index is 914. The molecule has 0 spiro atoms. The Morgan fingerprint density at radius 3 is 2.63 bits per heavy atom. The first-order valence-electron chi connectivity index (χ1n) is 9.38. The first-order valence-corrected chi connectivity index (χ1v) is 9.38. The molecule has 138 valence electrons. The lowest BCUT2D eigenvalue weighted by Crippen LogP contribution is -2.22. The summed E-state index contributed by atoms with van der Waals surface area (Å²) in [7, 11) is 0. The summed E-state index contributed by atoms with van der Waals surface area (Å²) in [6.45, 7) is 1.89. The molecule has 4 heteroatoms. The van der Waals surface area contributed by atoms with E-state index in [1.165, 1.54) is 10.8 Å². The topological polar surface area (TPSA) is 47.6 Å². The molecule has 4 rings (SSSR count). The molecule has 1 amide bonds. The molecule has 1 unspecified atom stereocenters. The van der Waals surface area contributed by atoms with E-state index in [2.05, 4.69) is 29.6 Å². The van der Waals surface area contributed by atoms with Gasteiger partial charge in [-0.2, -0.15) is 0 Å². The molecule has 0 bridgehead atoms. The highest BCUT2D eigenvalue weighted by Crippen LogP contribution is 2.18. The van der Waals surface area contributed by atoms with Gasteiger partial charge in [-0.25, -0.2) is 0 Å². The highest BCUT2D eigenvalue weighted by molar-refractivity contribution is 5.94. The maximum atomic E-state index is 12.4. The zero-order chi connectivity index (χ0) is 18.5. The molecule has 0 radical (unpaired) electrons. The molecular formula is C23H23NO3. The second kappa shape index (κ2) is 8.23. The summed E-state index contributed by atoms with van der Waals surface area (Å²) >= 11 is 0. The number of hydrogen-bond acceptors (Lipinski definition) is 3. The van der Waals surface area contributed by atoms with Gasteiger partial charge in [0.05, 0.1) is 6.10 Å². The van der Waals surface area contributed by atoms with Gasteiger partial charge >= 0.3 is 0 Å². The van der Waals surface area contributed by atoms with E-state index in [9.17, 15) is 4.79 Å². The molecule has 1 atom stereocenters. The van der Waals surface area contributed by atoms with E-state index in [1.54, 1.807) is 12.1 Å². The molecule has 3 aromatic carbocycles. The third-order valence-electron chi connectivity index (χ3n) is 4.84. The lowest BCUT2D eigenvalue weighted by Gasteiger charge is -2.12. The van der Waals surface area contributed by atoms with Gasteiger partial charge in [0.15, 0.2) is 0 Å². The van der Waals surface area contributed by atoms with E-state index in [0.29, 0.717) is 18.7 Å². The van der Waals surface area contributed by atoms with E-state index < -0.39 is 0 Å². The van der Waals surface area contributed by atoms with Crippen molar-refractivity contribution in [1.29, 1.82) is 0 Å². The van der Waals surface area contributed by atoms with Gasteiger partial charge in [-0.1, -0.05) is 36.4 Å². The molecule has 4 nitrogen and oxygen atoms in total. The van der Waals surface area contributed by atoms with E-state index in [-0.39, 0.29) is 12.0 Å². The smallest absolute Gasteiger partial charge is 0.251 e. The highest BCUT2D eigenvalue weighted by Gasteiger charge is 2.16. The van der Waals surface area contributed by atoms with Crippen LogP contribution >= 0.6 is 0 Å². The standard InChI is InChI=1S/C23H23NO3/c25-23(24-15-17-7-8-18-4-1-2-5-20(18)14-17)19-9-11-21(12-10-19)27-16-22-6-3-13-26-22/h1-2,4-5,7-12,14,22H,3,6,13,15-16H2,(H,24,25). The summed E-state index contributed by atoms with van der Waals surface area (Å²) < 4.78 is 11.3. The van der Waals surface area contributed by atoms with Crippen LogP contribution in [0.15, 0.2) is 66.7 Å². The summed E-state index contributed by atoms with van der Waals surface area (Å²) in [4.78, 5) is 12.4. The van der Waals surface area contributed by atoms with Crippen LogP contribution in [0.5, 0.6) is 5.75 Å². The Balaban J connectivity index is 1.31. The van der Waals surface area contributed by atoms with Crippen molar-refractivity contribution < 1.29 is 14.3 Å². The maximum Gasteiger partial charge on any atom is 0.251 e. The Morgan fingerprint density at radius 2 is 1.85 bits per heavy atom. The largest absolute Gasteiger partial charge is 0.491 e. The fourth-order valence-electron chi connectivity index (χ4n) is 3.30. The number of carbonyl (C=O) groups is 1. The van der Waals surface area contributed by atoms with Crippen molar-refractivity contribution >= 4 is 16.7 Å². The summed E-state index contributed by atoms with van der Waals surface area (Å²) in [5.41, 5.74) is 1.71. The zero-order valence-corrected chi connectivity index (χ0v) is 15.2. The predicted octanol–water partition coefficient (Wildman–Crippen LogP) is 4.33. The molecule has 1 saturated heterocycles. The SMILES string of the molecule is O=C(NCc1ccc2ccccc2c1)c1ccc(OCC2CCCO2)cc1. The van der Waals surface area contributed by atoms with Crippen LogP contribution in [0.2, 0.25) is 0 Å². The van der Waals surface area contributed by atoms with Gasteiger partial charge in [-0.3, -0.25) is 4.79 Å². The predicted molar refractivity (Wildman–Crippen MR) is 106 cm³/mol. The van der Waals surface area contributed by atoms with E-state index >= 15 is 0 Å². The number of nitrogens with one attached hydrogen (secondary N) is 1. The molecule has 0 saturated carbocycles. The van der Waals surface area contributed by atoms with Crippen LogP contribution in [0, 0.1) is 0 Å². The first kappa shape index (κ1) is 17.6. The zero-order valence-electron chi connectivity index (χ0n) is 15.2. The Kier molecular flexibility index (Phi) is 5.35. The number of rotatable bonds is 6. The van der Waals surface area contributed by atoms with Crippen LogP contribution in [0.1, 0.15) is 28.8 Å². The number of fused-ring (bicyclic) bond motifs is 1. The van der Waals surface area contributed by atoms with Gasteiger partial charge in [0, 0.05) is 18.7 Å². The fourth-order valence-corrected chi connectivity index (χ4v) is 3.30. The molecule has 1 aliphatic heterocycles. The van der Waals surface area contributed by atoms with Crippen molar-refractivity contribution in [2.24, 2.45) is 0 Å². The van der Waals surface area contributed by atoms with Gasteiger partial charge < -0.3 is 14.8 Å². The summed E-state index contributed by atoms with van der Waals surface area (Å²) in [5, 5.41) is 5.35. The van der Waals surface area contributed by atoms with Crippen molar-refractivity contribution in [1.82, 2.24) is 5.32 Å². The minimum absolute atomic E-state index is 0.0890. The van der Waals surface area contributed by atoms with Crippen molar-refractivity contribution in [3.05, 3.63) is 77.9 Å². The minimum atomic E-state index is -0.0890. The van der Waals surface area contributed by atoms with Crippen molar-refractivity contribution in [2.75, 3.05) is 13.2 Å². The van der Waals surface area contributed by atoms with Gasteiger partial charge in [0.2, 0.25) is 0 Å². The third kappa shape index (κ3) is 4.47. The second-order valence-corrected chi connectivity index (χ2v) is 6.83. The second-order valence-electron chi connectivity index (χ2n) is 6.83. The quantitative estimate of drug-likeness (QED) is 0.711. The lowest BCUT2D eigenvalue weighted by atomic mass is 10.1. The Morgan fingerprint density at radius 1 is 1.04 bits per heavy atom. The van der Waals surface area contributed by atoms with Crippen LogP contribution in [0.25, 0.3) is 10.8 Å². The summed E-state index contributed by atoms with van der Waals surface area (Å²) in [6, 6.07) is 21.7. The van der Waals surface area contributed by atoms with Gasteiger partial charge in [-0.05, 0) is 59.5 Å². The normalized spacial score (nSPS) is 16.4. The molecule has 27 heavy (non-hydrogen) atoms. The molecule has 1 aliphatic rings.